The number of anilines is 1. The summed E-state index contributed by atoms with van der Waals surface area (Å²) in [5, 5.41) is 2.42. The highest BCUT2D eigenvalue weighted by molar-refractivity contribution is 9.10. The van der Waals surface area contributed by atoms with E-state index in [1.54, 1.807) is 0 Å². The predicted octanol–water partition coefficient (Wildman–Crippen LogP) is 3.09. The van der Waals surface area contributed by atoms with E-state index in [1.165, 1.54) is 0 Å². The van der Waals surface area contributed by atoms with Gasteiger partial charge in [-0.05, 0) is 34.8 Å². The number of ether oxygens (including phenoxy) is 1. The van der Waals surface area contributed by atoms with Crippen LogP contribution >= 0.6 is 15.9 Å². The Morgan fingerprint density at radius 3 is 2.61 bits per heavy atom. The highest BCUT2D eigenvalue weighted by Gasteiger charge is 2.22. The first-order chi connectivity index (χ1) is 8.58. The van der Waals surface area contributed by atoms with Crippen LogP contribution in [0.1, 0.15) is 12.8 Å². The Kier molecular flexibility index (Phi) is 4.29. The molecular formula is C12H12BrF2NO2. The smallest absolute Gasteiger partial charge is 0.227 e. The molecule has 1 saturated heterocycles. The lowest BCUT2D eigenvalue weighted by atomic mass is 9.99. The minimum Gasteiger partial charge on any atom is -0.381 e. The second-order valence-electron chi connectivity index (χ2n) is 4.12. The van der Waals surface area contributed by atoms with Crippen LogP contribution in [-0.4, -0.2) is 19.1 Å². The lowest BCUT2D eigenvalue weighted by Crippen LogP contribution is -2.28. The monoisotopic (exact) mass is 319 g/mol. The van der Waals surface area contributed by atoms with Crippen LogP contribution in [-0.2, 0) is 9.53 Å². The van der Waals surface area contributed by atoms with Crippen LogP contribution in [0, 0.1) is 17.6 Å². The van der Waals surface area contributed by atoms with Crippen LogP contribution in [0.25, 0.3) is 0 Å². The minimum atomic E-state index is -0.663. The van der Waals surface area contributed by atoms with Crippen LogP contribution in [0.3, 0.4) is 0 Å². The summed E-state index contributed by atoms with van der Waals surface area (Å²) in [7, 11) is 0. The lowest BCUT2D eigenvalue weighted by molar-refractivity contribution is -0.122. The Labute approximate surface area is 112 Å². The number of rotatable bonds is 2. The summed E-state index contributed by atoms with van der Waals surface area (Å²) in [5.74, 6) is -1.77. The molecule has 1 aliphatic heterocycles. The van der Waals surface area contributed by atoms with Crippen molar-refractivity contribution in [2.75, 3.05) is 18.5 Å². The SMILES string of the molecule is O=C(Nc1cc(F)c(Br)cc1F)C1CCOCC1. The van der Waals surface area contributed by atoms with Crippen molar-refractivity contribution >= 4 is 27.5 Å². The highest BCUT2D eigenvalue weighted by Crippen LogP contribution is 2.24. The summed E-state index contributed by atoms with van der Waals surface area (Å²) in [4.78, 5) is 11.8. The second kappa shape index (κ2) is 5.75. The molecule has 0 unspecified atom stereocenters. The van der Waals surface area contributed by atoms with Crippen molar-refractivity contribution in [3.8, 4) is 0 Å². The molecule has 3 nitrogen and oxygen atoms in total. The maximum atomic E-state index is 13.5. The van der Waals surface area contributed by atoms with Crippen molar-refractivity contribution in [2.24, 2.45) is 5.92 Å². The van der Waals surface area contributed by atoms with Gasteiger partial charge in [0.2, 0.25) is 5.91 Å². The number of hydrogen-bond acceptors (Lipinski definition) is 2. The third-order valence-electron chi connectivity index (χ3n) is 2.86. The third kappa shape index (κ3) is 3.05. The van der Waals surface area contributed by atoms with E-state index in [-0.39, 0.29) is 22.0 Å². The molecule has 1 aliphatic rings. The van der Waals surface area contributed by atoms with Crippen molar-refractivity contribution in [2.45, 2.75) is 12.8 Å². The molecule has 2 rings (SSSR count). The minimum absolute atomic E-state index is 0.0315. The van der Waals surface area contributed by atoms with Gasteiger partial charge >= 0.3 is 0 Å². The highest BCUT2D eigenvalue weighted by atomic mass is 79.9. The third-order valence-corrected chi connectivity index (χ3v) is 3.47. The Bertz CT molecular complexity index is 462. The molecule has 6 heteroatoms. The van der Waals surface area contributed by atoms with E-state index in [0.29, 0.717) is 26.1 Å². The summed E-state index contributed by atoms with van der Waals surface area (Å²) >= 11 is 2.88. The van der Waals surface area contributed by atoms with Crippen LogP contribution in [0.15, 0.2) is 16.6 Å². The van der Waals surface area contributed by atoms with Gasteiger partial charge in [0, 0.05) is 25.2 Å². The van der Waals surface area contributed by atoms with E-state index in [9.17, 15) is 13.6 Å². The van der Waals surface area contributed by atoms with Gasteiger partial charge in [0.15, 0.2) is 0 Å². The molecule has 1 aromatic rings. The molecule has 18 heavy (non-hydrogen) atoms. The van der Waals surface area contributed by atoms with Crippen molar-refractivity contribution in [1.82, 2.24) is 0 Å². The number of benzene rings is 1. The van der Waals surface area contributed by atoms with Crippen LogP contribution in [0.4, 0.5) is 14.5 Å². The first kappa shape index (κ1) is 13.4. The zero-order valence-electron chi connectivity index (χ0n) is 9.51. The Hall–Kier alpha value is -1.01. The van der Waals surface area contributed by atoms with Crippen LogP contribution in [0.5, 0.6) is 0 Å². The summed E-state index contributed by atoms with van der Waals surface area (Å²) < 4.78 is 32.0. The summed E-state index contributed by atoms with van der Waals surface area (Å²) in [6.07, 6.45) is 1.21. The molecule has 1 N–H and O–H groups in total. The maximum Gasteiger partial charge on any atom is 0.227 e. The number of halogens is 3. The molecular weight excluding hydrogens is 308 g/mol. The first-order valence-electron chi connectivity index (χ1n) is 5.61. The molecule has 0 aliphatic carbocycles. The lowest BCUT2D eigenvalue weighted by Gasteiger charge is -2.21. The first-order valence-corrected chi connectivity index (χ1v) is 6.40. The quantitative estimate of drug-likeness (QED) is 0.851. The zero-order valence-corrected chi connectivity index (χ0v) is 11.1. The van der Waals surface area contributed by atoms with Crippen molar-refractivity contribution < 1.29 is 18.3 Å². The number of carbonyl (C=O) groups is 1. The van der Waals surface area contributed by atoms with E-state index in [2.05, 4.69) is 21.2 Å². The number of amides is 1. The molecule has 1 aromatic carbocycles. The van der Waals surface area contributed by atoms with E-state index in [1.807, 2.05) is 0 Å². The average Bonchev–Trinajstić information content (AvgIpc) is 2.37. The average molecular weight is 320 g/mol. The normalized spacial score (nSPS) is 16.6. The summed E-state index contributed by atoms with van der Waals surface area (Å²) in [6, 6.07) is 1.96. The van der Waals surface area contributed by atoms with Gasteiger partial charge in [-0.2, -0.15) is 0 Å². The van der Waals surface area contributed by atoms with E-state index in [4.69, 9.17) is 4.74 Å². The van der Waals surface area contributed by atoms with E-state index < -0.39 is 11.6 Å². The Morgan fingerprint density at radius 1 is 1.28 bits per heavy atom. The van der Waals surface area contributed by atoms with Crippen LogP contribution in [0.2, 0.25) is 0 Å². The van der Waals surface area contributed by atoms with Gasteiger partial charge in [0.25, 0.3) is 0 Å². The number of hydrogen-bond donors (Lipinski definition) is 1. The van der Waals surface area contributed by atoms with Gasteiger partial charge in [-0.25, -0.2) is 8.78 Å². The molecule has 0 atom stereocenters. The van der Waals surface area contributed by atoms with Crippen molar-refractivity contribution in [1.29, 1.82) is 0 Å². The molecule has 1 amide bonds. The maximum absolute atomic E-state index is 13.5. The summed E-state index contributed by atoms with van der Waals surface area (Å²) in [5.41, 5.74) is -0.132. The topological polar surface area (TPSA) is 38.3 Å². The standard InChI is InChI=1S/C12H12BrF2NO2/c13-8-5-10(15)11(6-9(8)14)16-12(17)7-1-3-18-4-2-7/h5-7H,1-4H2,(H,16,17). The van der Waals surface area contributed by atoms with Gasteiger partial charge in [0.1, 0.15) is 11.6 Å². The van der Waals surface area contributed by atoms with Gasteiger partial charge in [-0.1, -0.05) is 0 Å². The number of carbonyl (C=O) groups excluding carboxylic acids is 1. The molecule has 0 aromatic heterocycles. The fourth-order valence-corrected chi connectivity index (χ4v) is 2.13. The molecule has 1 heterocycles. The van der Waals surface area contributed by atoms with Crippen LogP contribution < -0.4 is 5.32 Å². The van der Waals surface area contributed by atoms with Gasteiger partial charge in [-0.3, -0.25) is 4.79 Å². The van der Waals surface area contributed by atoms with Gasteiger partial charge in [0.05, 0.1) is 10.2 Å². The molecule has 0 spiro atoms. The molecule has 98 valence electrons. The molecule has 0 bridgehead atoms. The van der Waals surface area contributed by atoms with E-state index >= 15 is 0 Å². The number of nitrogens with one attached hydrogen (secondary N) is 1. The molecule has 1 fully saturated rings. The van der Waals surface area contributed by atoms with Gasteiger partial charge in [-0.15, -0.1) is 0 Å². The fourth-order valence-electron chi connectivity index (χ4n) is 1.81. The Balaban J connectivity index is 2.08. The molecule has 0 radical (unpaired) electrons. The largest absolute Gasteiger partial charge is 0.381 e. The second-order valence-corrected chi connectivity index (χ2v) is 4.98. The van der Waals surface area contributed by atoms with Gasteiger partial charge < -0.3 is 10.1 Å². The van der Waals surface area contributed by atoms with E-state index in [0.717, 1.165) is 12.1 Å². The summed E-state index contributed by atoms with van der Waals surface area (Å²) in [6.45, 7) is 1.05. The Morgan fingerprint density at radius 2 is 1.94 bits per heavy atom. The van der Waals surface area contributed by atoms with Crippen molar-refractivity contribution in [3.05, 3.63) is 28.2 Å². The fraction of sp³-hybridized carbons (Fsp3) is 0.417. The van der Waals surface area contributed by atoms with Crippen molar-refractivity contribution in [3.63, 3.8) is 0 Å². The zero-order chi connectivity index (χ0) is 13.1. The predicted molar refractivity (Wildman–Crippen MR) is 66.2 cm³/mol. The molecule has 0 saturated carbocycles.